The van der Waals surface area contributed by atoms with Gasteiger partial charge in [-0.05, 0) is 55.3 Å². The first-order valence-corrected chi connectivity index (χ1v) is 9.65. The highest BCUT2D eigenvalue weighted by molar-refractivity contribution is 6.36. The summed E-state index contributed by atoms with van der Waals surface area (Å²) >= 11 is 12.4. The molecule has 0 unspecified atom stereocenters. The van der Waals surface area contributed by atoms with E-state index in [1.165, 1.54) is 0 Å². The number of rotatable bonds is 3. The monoisotopic (exact) mass is 386 g/mol. The van der Waals surface area contributed by atoms with Crippen LogP contribution in [-0.2, 0) is 0 Å². The zero-order chi connectivity index (χ0) is 18.1. The van der Waals surface area contributed by atoms with Crippen molar-refractivity contribution < 1.29 is 5.11 Å². The fourth-order valence-corrected chi connectivity index (χ4v) is 4.15. The number of para-hydroxylation sites is 1. The summed E-state index contributed by atoms with van der Waals surface area (Å²) in [6.07, 6.45) is 2.67. The molecule has 4 rings (SSSR count). The van der Waals surface area contributed by atoms with Crippen molar-refractivity contribution >= 4 is 34.1 Å². The quantitative estimate of drug-likeness (QED) is 0.634. The highest BCUT2D eigenvalue weighted by Crippen LogP contribution is 2.35. The van der Waals surface area contributed by atoms with Crippen LogP contribution in [0.3, 0.4) is 0 Å². The van der Waals surface area contributed by atoms with Gasteiger partial charge in [-0.25, -0.2) is 4.98 Å². The lowest BCUT2D eigenvalue weighted by molar-refractivity contribution is 0.115. The van der Waals surface area contributed by atoms with Crippen molar-refractivity contribution in [3.05, 3.63) is 64.1 Å². The summed E-state index contributed by atoms with van der Waals surface area (Å²) in [5.41, 5.74) is 3.29. The molecule has 5 heteroatoms. The van der Waals surface area contributed by atoms with Crippen LogP contribution in [0.4, 0.5) is 0 Å². The molecule has 0 saturated carbocycles. The third-order valence-corrected chi connectivity index (χ3v) is 5.55. The van der Waals surface area contributed by atoms with E-state index in [1.54, 1.807) is 12.1 Å². The molecule has 1 saturated heterocycles. The van der Waals surface area contributed by atoms with E-state index in [0.29, 0.717) is 10.0 Å². The Morgan fingerprint density at radius 1 is 1.08 bits per heavy atom. The van der Waals surface area contributed by atoms with Gasteiger partial charge in [-0.1, -0.05) is 47.8 Å². The molecule has 0 spiro atoms. The maximum atomic E-state index is 11.1. The van der Waals surface area contributed by atoms with Gasteiger partial charge in [-0.3, -0.25) is 0 Å². The molecule has 0 bridgehead atoms. The van der Waals surface area contributed by atoms with E-state index in [1.807, 2.05) is 36.4 Å². The molecule has 1 aromatic heterocycles. The Kier molecular flexibility index (Phi) is 5.14. The van der Waals surface area contributed by atoms with E-state index in [-0.39, 0.29) is 6.04 Å². The molecule has 0 aliphatic carbocycles. The lowest BCUT2D eigenvalue weighted by Crippen LogP contribution is -2.38. The van der Waals surface area contributed by atoms with E-state index >= 15 is 0 Å². The summed E-state index contributed by atoms with van der Waals surface area (Å²) in [4.78, 5) is 4.77. The Hall–Kier alpha value is -1.65. The number of benzene rings is 2. The van der Waals surface area contributed by atoms with Gasteiger partial charge in [0.1, 0.15) is 0 Å². The number of nitrogens with one attached hydrogen (secondary N) is 1. The summed E-state index contributed by atoms with van der Waals surface area (Å²) in [5.74, 6) is 0. The fourth-order valence-electron chi connectivity index (χ4n) is 3.65. The topological polar surface area (TPSA) is 45.2 Å². The standard InChI is InChI=1S/C21H20Cl2N2O/c22-13-8-9-15(17(23)11-13)20-12-16(14-5-1-2-6-18(14)25-20)21(26)19-7-3-4-10-24-19/h1-2,5-6,8-9,11-12,19,21,24,26H,3-4,7,10H2/t19-,21+/m1/s1. The lowest BCUT2D eigenvalue weighted by atomic mass is 9.92. The van der Waals surface area contributed by atoms with Crippen molar-refractivity contribution in [1.82, 2.24) is 10.3 Å². The summed E-state index contributed by atoms with van der Waals surface area (Å²) in [5, 5.41) is 16.6. The van der Waals surface area contributed by atoms with E-state index in [9.17, 15) is 5.11 Å². The number of hydrogen-bond donors (Lipinski definition) is 2. The Bertz CT molecular complexity index is 938. The van der Waals surface area contributed by atoms with Crippen LogP contribution in [0.25, 0.3) is 22.2 Å². The second kappa shape index (κ2) is 7.53. The van der Waals surface area contributed by atoms with Crippen LogP contribution >= 0.6 is 23.2 Å². The highest BCUT2D eigenvalue weighted by atomic mass is 35.5. The second-order valence-electron chi connectivity index (χ2n) is 6.74. The molecule has 2 heterocycles. The molecule has 3 nitrogen and oxygen atoms in total. The van der Waals surface area contributed by atoms with Crippen molar-refractivity contribution in [3.8, 4) is 11.3 Å². The average molecular weight is 387 g/mol. The first kappa shape index (κ1) is 17.7. The largest absolute Gasteiger partial charge is 0.387 e. The second-order valence-corrected chi connectivity index (χ2v) is 7.58. The summed E-state index contributed by atoms with van der Waals surface area (Å²) in [6.45, 7) is 0.945. The van der Waals surface area contributed by atoms with Gasteiger partial charge in [0.2, 0.25) is 0 Å². The molecule has 2 aromatic carbocycles. The van der Waals surface area contributed by atoms with Crippen LogP contribution in [-0.4, -0.2) is 22.7 Å². The Balaban J connectivity index is 1.85. The lowest BCUT2D eigenvalue weighted by Gasteiger charge is -2.29. The minimum atomic E-state index is -0.590. The average Bonchev–Trinajstić information content (AvgIpc) is 2.67. The van der Waals surface area contributed by atoms with E-state index in [4.69, 9.17) is 28.2 Å². The SMILES string of the molecule is O[C@@H](c1cc(-c2ccc(Cl)cc2Cl)nc2ccccc12)[C@H]1CCCCN1. The van der Waals surface area contributed by atoms with Crippen LogP contribution in [0, 0.1) is 0 Å². The van der Waals surface area contributed by atoms with Crippen LogP contribution < -0.4 is 5.32 Å². The van der Waals surface area contributed by atoms with Gasteiger partial charge >= 0.3 is 0 Å². The van der Waals surface area contributed by atoms with Crippen molar-refractivity contribution in [2.24, 2.45) is 0 Å². The minimum absolute atomic E-state index is 0.0584. The van der Waals surface area contributed by atoms with Crippen molar-refractivity contribution in [2.75, 3.05) is 6.54 Å². The van der Waals surface area contributed by atoms with Crippen LogP contribution in [0.15, 0.2) is 48.5 Å². The molecule has 134 valence electrons. The van der Waals surface area contributed by atoms with Crippen molar-refractivity contribution in [3.63, 3.8) is 0 Å². The number of nitrogens with zero attached hydrogens (tertiary/aromatic N) is 1. The van der Waals surface area contributed by atoms with Gasteiger partial charge in [0.15, 0.2) is 0 Å². The molecule has 0 amide bonds. The number of pyridine rings is 1. The molecule has 26 heavy (non-hydrogen) atoms. The number of aliphatic hydroxyl groups excluding tert-OH is 1. The molecular weight excluding hydrogens is 367 g/mol. The van der Waals surface area contributed by atoms with Gasteiger partial charge in [0.25, 0.3) is 0 Å². The van der Waals surface area contributed by atoms with Crippen LogP contribution in [0.1, 0.15) is 30.9 Å². The van der Waals surface area contributed by atoms with Gasteiger partial charge in [-0.2, -0.15) is 0 Å². The zero-order valence-corrected chi connectivity index (χ0v) is 15.8. The third kappa shape index (κ3) is 3.45. The number of piperidine rings is 1. The van der Waals surface area contributed by atoms with Crippen LogP contribution in [0.2, 0.25) is 10.0 Å². The molecule has 1 aliphatic rings. The number of hydrogen-bond acceptors (Lipinski definition) is 3. The molecular formula is C21H20Cl2N2O. The Morgan fingerprint density at radius 3 is 2.69 bits per heavy atom. The van der Waals surface area contributed by atoms with Gasteiger partial charge in [0.05, 0.1) is 22.3 Å². The molecule has 3 aromatic rings. The zero-order valence-electron chi connectivity index (χ0n) is 14.3. The van der Waals surface area contributed by atoms with Gasteiger partial charge in [-0.15, -0.1) is 0 Å². The van der Waals surface area contributed by atoms with E-state index in [0.717, 1.165) is 53.5 Å². The first-order chi connectivity index (χ1) is 12.6. The number of aromatic nitrogens is 1. The molecule has 2 atom stereocenters. The maximum Gasteiger partial charge on any atom is 0.0950 e. The van der Waals surface area contributed by atoms with E-state index < -0.39 is 6.10 Å². The molecule has 1 aliphatic heterocycles. The van der Waals surface area contributed by atoms with E-state index in [2.05, 4.69) is 5.32 Å². The Labute approximate surface area is 163 Å². The van der Waals surface area contributed by atoms with Gasteiger partial charge < -0.3 is 10.4 Å². The highest BCUT2D eigenvalue weighted by Gasteiger charge is 2.25. The van der Waals surface area contributed by atoms with Crippen molar-refractivity contribution in [1.29, 1.82) is 0 Å². The van der Waals surface area contributed by atoms with Crippen LogP contribution in [0.5, 0.6) is 0 Å². The fraction of sp³-hybridized carbons (Fsp3) is 0.286. The summed E-state index contributed by atoms with van der Waals surface area (Å²) < 4.78 is 0. The van der Waals surface area contributed by atoms with Gasteiger partial charge in [0, 0.05) is 22.0 Å². The molecule has 2 N–H and O–H groups in total. The first-order valence-electron chi connectivity index (χ1n) is 8.90. The summed E-state index contributed by atoms with van der Waals surface area (Å²) in [6, 6.07) is 15.3. The predicted octanol–water partition coefficient (Wildman–Crippen LogP) is 5.38. The predicted molar refractivity (Wildman–Crippen MR) is 108 cm³/mol. The maximum absolute atomic E-state index is 11.1. The normalized spacial score (nSPS) is 18.8. The number of aliphatic hydroxyl groups is 1. The van der Waals surface area contributed by atoms with Crippen molar-refractivity contribution in [2.45, 2.75) is 31.4 Å². The number of fused-ring (bicyclic) bond motifs is 1. The summed E-state index contributed by atoms with van der Waals surface area (Å²) in [7, 11) is 0. The molecule has 1 fully saturated rings. The Morgan fingerprint density at radius 2 is 1.92 bits per heavy atom. The molecule has 0 radical (unpaired) electrons. The third-order valence-electron chi connectivity index (χ3n) is 5.00. The number of halogens is 2. The minimum Gasteiger partial charge on any atom is -0.387 e. The smallest absolute Gasteiger partial charge is 0.0950 e.